The molecule has 0 saturated heterocycles. The Morgan fingerprint density at radius 1 is 1.38 bits per heavy atom. The van der Waals surface area contributed by atoms with Crippen LogP contribution in [-0.4, -0.2) is 16.4 Å². The van der Waals surface area contributed by atoms with Gasteiger partial charge in [0.15, 0.2) is 0 Å². The predicted molar refractivity (Wildman–Crippen MR) is 69.2 cm³/mol. The van der Waals surface area contributed by atoms with Gasteiger partial charge in [-0.05, 0) is 31.4 Å². The molecule has 1 aliphatic rings. The predicted octanol–water partition coefficient (Wildman–Crippen LogP) is 3.79. The lowest BCUT2D eigenvalue weighted by Crippen LogP contribution is -2.07. The molecule has 0 spiro atoms. The van der Waals surface area contributed by atoms with Crippen LogP contribution in [-0.2, 0) is 0 Å². The molecule has 0 fully saturated rings. The fourth-order valence-corrected chi connectivity index (χ4v) is 2.38. The van der Waals surface area contributed by atoms with Gasteiger partial charge >= 0.3 is 0 Å². The van der Waals surface area contributed by atoms with E-state index in [-0.39, 0.29) is 4.92 Å². The van der Waals surface area contributed by atoms with E-state index in [4.69, 9.17) is 0 Å². The van der Waals surface area contributed by atoms with Crippen LogP contribution in [0.15, 0.2) is 23.4 Å². The van der Waals surface area contributed by atoms with Gasteiger partial charge in [-0.2, -0.15) is 11.8 Å². The summed E-state index contributed by atoms with van der Waals surface area (Å²) in [6, 6.07) is 0. The molecule has 16 heavy (non-hydrogen) atoms. The van der Waals surface area contributed by atoms with Crippen molar-refractivity contribution in [3.05, 3.63) is 33.5 Å². The van der Waals surface area contributed by atoms with Gasteiger partial charge in [0.05, 0.1) is 4.92 Å². The molecule has 0 aromatic heterocycles. The third-order valence-electron chi connectivity index (χ3n) is 2.72. The molecule has 0 unspecified atom stereocenters. The topological polar surface area (TPSA) is 43.1 Å². The minimum atomic E-state index is -0.191. The highest BCUT2D eigenvalue weighted by molar-refractivity contribution is 7.99. The molecule has 0 bridgehead atoms. The summed E-state index contributed by atoms with van der Waals surface area (Å²) in [5.41, 5.74) is 1.51. The van der Waals surface area contributed by atoms with Crippen LogP contribution in [0.4, 0.5) is 0 Å². The number of hydrogen-bond acceptors (Lipinski definition) is 3. The molecule has 0 aliphatic heterocycles. The zero-order valence-corrected chi connectivity index (χ0v) is 10.6. The fraction of sp³-hybridized carbons (Fsp3) is 0.667. The Labute approximate surface area is 101 Å². The quantitative estimate of drug-likeness (QED) is 0.307. The van der Waals surface area contributed by atoms with E-state index in [9.17, 15) is 10.1 Å². The number of allylic oxidation sites excluding steroid dienone is 3. The maximum absolute atomic E-state index is 10.8. The van der Waals surface area contributed by atoms with E-state index in [0.29, 0.717) is 12.1 Å². The van der Waals surface area contributed by atoms with E-state index in [1.54, 1.807) is 0 Å². The van der Waals surface area contributed by atoms with Gasteiger partial charge in [-0.3, -0.25) is 10.1 Å². The van der Waals surface area contributed by atoms with Crippen molar-refractivity contribution in [3.63, 3.8) is 0 Å². The van der Waals surface area contributed by atoms with Crippen LogP contribution in [0.5, 0.6) is 0 Å². The van der Waals surface area contributed by atoms with E-state index in [1.165, 1.54) is 0 Å². The Bertz CT molecular complexity index is 297. The third kappa shape index (κ3) is 4.39. The van der Waals surface area contributed by atoms with Crippen LogP contribution in [0.2, 0.25) is 0 Å². The van der Waals surface area contributed by atoms with Gasteiger partial charge < -0.3 is 0 Å². The number of rotatable bonds is 6. The minimum absolute atomic E-state index is 0.191. The SMILES string of the molecule is CCSC/C=C\CC1=C([N+](=O)[O-])CCCC1. The lowest BCUT2D eigenvalue weighted by Gasteiger charge is -2.12. The second kappa shape index (κ2) is 7.49. The number of hydrogen-bond donors (Lipinski definition) is 0. The first-order valence-electron chi connectivity index (χ1n) is 5.83. The molecule has 0 saturated carbocycles. The first kappa shape index (κ1) is 13.3. The van der Waals surface area contributed by atoms with Crippen molar-refractivity contribution in [3.8, 4) is 0 Å². The molecule has 0 aromatic rings. The van der Waals surface area contributed by atoms with Crippen molar-refractivity contribution in [1.82, 2.24) is 0 Å². The maximum Gasteiger partial charge on any atom is 0.245 e. The number of nitro groups is 1. The Kier molecular flexibility index (Phi) is 6.23. The van der Waals surface area contributed by atoms with E-state index in [0.717, 1.165) is 42.8 Å². The van der Waals surface area contributed by atoms with Gasteiger partial charge in [0.1, 0.15) is 0 Å². The van der Waals surface area contributed by atoms with Gasteiger partial charge in [-0.15, -0.1) is 0 Å². The molecule has 90 valence electrons. The van der Waals surface area contributed by atoms with Gasteiger partial charge in [0.25, 0.3) is 0 Å². The summed E-state index contributed by atoms with van der Waals surface area (Å²) in [6.45, 7) is 2.13. The Balaban J connectivity index is 2.49. The highest BCUT2D eigenvalue weighted by Gasteiger charge is 2.20. The van der Waals surface area contributed by atoms with Crippen LogP contribution in [0.25, 0.3) is 0 Å². The highest BCUT2D eigenvalue weighted by atomic mass is 32.2. The average molecular weight is 241 g/mol. The normalized spacial score (nSPS) is 17.1. The van der Waals surface area contributed by atoms with Crippen LogP contribution >= 0.6 is 11.8 Å². The average Bonchev–Trinajstić information content (AvgIpc) is 2.29. The monoisotopic (exact) mass is 241 g/mol. The van der Waals surface area contributed by atoms with E-state index >= 15 is 0 Å². The Morgan fingerprint density at radius 3 is 2.81 bits per heavy atom. The van der Waals surface area contributed by atoms with E-state index in [1.807, 2.05) is 11.8 Å². The van der Waals surface area contributed by atoms with Crippen LogP contribution in [0.1, 0.15) is 39.0 Å². The molecule has 0 aromatic carbocycles. The lowest BCUT2D eigenvalue weighted by atomic mass is 9.94. The largest absolute Gasteiger partial charge is 0.259 e. The van der Waals surface area contributed by atoms with E-state index in [2.05, 4.69) is 19.1 Å². The smallest absolute Gasteiger partial charge is 0.245 e. The standard InChI is InChI=1S/C12H19NO2S/c1-2-16-10-6-5-8-11-7-3-4-9-12(11)13(14)15/h5-6H,2-4,7-10H2,1H3/b6-5-. The summed E-state index contributed by atoms with van der Waals surface area (Å²) in [7, 11) is 0. The highest BCUT2D eigenvalue weighted by Crippen LogP contribution is 2.27. The summed E-state index contributed by atoms with van der Waals surface area (Å²) >= 11 is 1.87. The van der Waals surface area contributed by atoms with Crippen LogP contribution < -0.4 is 0 Å². The van der Waals surface area contributed by atoms with Gasteiger partial charge in [-0.1, -0.05) is 19.1 Å². The molecular formula is C12H19NO2S. The fourth-order valence-electron chi connectivity index (χ4n) is 1.87. The van der Waals surface area contributed by atoms with Crippen molar-refractivity contribution in [2.45, 2.75) is 39.0 Å². The molecule has 4 heteroatoms. The summed E-state index contributed by atoms with van der Waals surface area (Å²) < 4.78 is 0. The summed E-state index contributed by atoms with van der Waals surface area (Å²) in [4.78, 5) is 10.6. The number of thioether (sulfide) groups is 1. The second-order valence-corrected chi connectivity index (χ2v) is 5.17. The summed E-state index contributed by atoms with van der Waals surface area (Å²) in [5.74, 6) is 2.13. The molecule has 0 amide bonds. The first-order chi connectivity index (χ1) is 7.75. The van der Waals surface area contributed by atoms with Crippen molar-refractivity contribution >= 4 is 11.8 Å². The third-order valence-corrected chi connectivity index (χ3v) is 3.56. The molecule has 0 N–H and O–H groups in total. The molecular weight excluding hydrogens is 222 g/mol. The summed E-state index contributed by atoms with van der Waals surface area (Å²) in [5, 5.41) is 10.8. The van der Waals surface area contributed by atoms with Crippen LogP contribution in [0, 0.1) is 10.1 Å². The molecule has 0 atom stereocenters. The minimum Gasteiger partial charge on any atom is -0.259 e. The van der Waals surface area contributed by atoms with E-state index < -0.39 is 0 Å². The van der Waals surface area contributed by atoms with Crippen molar-refractivity contribution in [2.75, 3.05) is 11.5 Å². The Morgan fingerprint density at radius 2 is 2.12 bits per heavy atom. The van der Waals surface area contributed by atoms with Crippen molar-refractivity contribution in [2.24, 2.45) is 0 Å². The lowest BCUT2D eigenvalue weighted by molar-refractivity contribution is -0.430. The second-order valence-electron chi connectivity index (χ2n) is 3.85. The molecule has 1 rings (SSSR count). The zero-order valence-electron chi connectivity index (χ0n) is 9.78. The molecule has 1 aliphatic carbocycles. The molecule has 0 radical (unpaired) electrons. The first-order valence-corrected chi connectivity index (χ1v) is 6.99. The molecule has 3 nitrogen and oxygen atoms in total. The van der Waals surface area contributed by atoms with Gasteiger partial charge in [-0.25, -0.2) is 0 Å². The van der Waals surface area contributed by atoms with Gasteiger partial charge in [0, 0.05) is 17.7 Å². The Hall–Kier alpha value is -0.770. The van der Waals surface area contributed by atoms with Crippen molar-refractivity contribution < 1.29 is 4.92 Å². The maximum atomic E-state index is 10.8. The zero-order chi connectivity index (χ0) is 11.8. The summed E-state index contributed by atoms with van der Waals surface area (Å²) in [6.07, 6.45) is 8.58. The van der Waals surface area contributed by atoms with Crippen LogP contribution in [0.3, 0.4) is 0 Å². The molecule has 0 heterocycles. The number of nitrogens with zero attached hydrogens (tertiary/aromatic N) is 1. The van der Waals surface area contributed by atoms with Gasteiger partial charge in [0.2, 0.25) is 5.70 Å². The van der Waals surface area contributed by atoms with Crippen molar-refractivity contribution in [1.29, 1.82) is 0 Å².